The normalized spacial score (nSPS) is 10.3. The number of nitrogens with zero attached hydrogens (tertiary/aromatic N) is 2. The molecule has 5 heteroatoms. The topological polar surface area (TPSA) is 66.9 Å². The van der Waals surface area contributed by atoms with E-state index in [9.17, 15) is 4.79 Å². The SMILES string of the molecule is CC(C)NCC(=O)NCc1ccncn1. The average molecular weight is 208 g/mol. The molecule has 0 aliphatic rings. The predicted molar refractivity (Wildman–Crippen MR) is 57.0 cm³/mol. The van der Waals surface area contributed by atoms with Gasteiger partial charge in [-0.25, -0.2) is 9.97 Å². The summed E-state index contributed by atoms with van der Waals surface area (Å²) in [6, 6.07) is 2.09. The van der Waals surface area contributed by atoms with Crippen molar-refractivity contribution in [2.45, 2.75) is 26.4 Å². The molecule has 0 fully saturated rings. The van der Waals surface area contributed by atoms with Crippen molar-refractivity contribution in [1.82, 2.24) is 20.6 Å². The van der Waals surface area contributed by atoms with Gasteiger partial charge in [-0.05, 0) is 6.07 Å². The van der Waals surface area contributed by atoms with Crippen molar-refractivity contribution in [3.63, 3.8) is 0 Å². The van der Waals surface area contributed by atoms with Crippen LogP contribution in [0.15, 0.2) is 18.6 Å². The minimum atomic E-state index is -0.0256. The number of nitrogens with one attached hydrogen (secondary N) is 2. The molecule has 0 spiro atoms. The Balaban J connectivity index is 2.23. The van der Waals surface area contributed by atoms with Crippen LogP contribution in [0.1, 0.15) is 19.5 Å². The van der Waals surface area contributed by atoms with Gasteiger partial charge in [-0.3, -0.25) is 4.79 Å². The zero-order chi connectivity index (χ0) is 11.1. The van der Waals surface area contributed by atoms with Gasteiger partial charge >= 0.3 is 0 Å². The Labute approximate surface area is 89.3 Å². The largest absolute Gasteiger partial charge is 0.349 e. The molecule has 0 bridgehead atoms. The highest BCUT2D eigenvalue weighted by molar-refractivity contribution is 5.77. The molecule has 1 rings (SSSR count). The van der Waals surface area contributed by atoms with E-state index in [0.717, 1.165) is 5.69 Å². The summed E-state index contributed by atoms with van der Waals surface area (Å²) in [7, 11) is 0. The van der Waals surface area contributed by atoms with Crippen molar-refractivity contribution in [3.8, 4) is 0 Å². The van der Waals surface area contributed by atoms with Crippen LogP contribution in [0.5, 0.6) is 0 Å². The fourth-order valence-electron chi connectivity index (χ4n) is 0.971. The van der Waals surface area contributed by atoms with E-state index in [-0.39, 0.29) is 5.91 Å². The Morgan fingerprint density at radius 2 is 2.33 bits per heavy atom. The molecule has 0 unspecified atom stereocenters. The molecule has 82 valence electrons. The lowest BCUT2D eigenvalue weighted by Crippen LogP contribution is -2.36. The quantitative estimate of drug-likeness (QED) is 0.719. The molecular weight excluding hydrogens is 192 g/mol. The third kappa shape index (κ3) is 5.07. The van der Waals surface area contributed by atoms with Crippen molar-refractivity contribution in [1.29, 1.82) is 0 Å². The predicted octanol–water partition coefficient (Wildman–Crippen LogP) is 0.0908. The maximum absolute atomic E-state index is 11.3. The molecule has 5 nitrogen and oxygen atoms in total. The lowest BCUT2D eigenvalue weighted by atomic mass is 10.3. The lowest BCUT2D eigenvalue weighted by molar-refractivity contribution is -0.120. The third-order valence-electron chi connectivity index (χ3n) is 1.78. The van der Waals surface area contributed by atoms with Crippen LogP contribution < -0.4 is 10.6 Å². The highest BCUT2D eigenvalue weighted by Crippen LogP contribution is 1.89. The van der Waals surface area contributed by atoms with Gasteiger partial charge in [0.15, 0.2) is 0 Å². The van der Waals surface area contributed by atoms with Crippen molar-refractivity contribution >= 4 is 5.91 Å². The van der Waals surface area contributed by atoms with Crippen LogP contribution in [-0.4, -0.2) is 28.5 Å². The van der Waals surface area contributed by atoms with Gasteiger partial charge in [-0.2, -0.15) is 0 Å². The Morgan fingerprint density at radius 1 is 1.53 bits per heavy atom. The first kappa shape index (κ1) is 11.6. The van der Waals surface area contributed by atoms with E-state index in [1.807, 2.05) is 13.8 Å². The van der Waals surface area contributed by atoms with E-state index in [4.69, 9.17) is 0 Å². The molecule has 0 radical (unpaired) electrons. The number of carbonyl (C=O) groups excluding carboxylic acids is 1. The summed E-state index contributed by atoms with van der Waals surface area (Å²) in [4.78, 5) is 19.1. The molecule has 1 heterocycles. The first-order valence-electron chi connectivity index (χ1n) is 4.93. The molecule has 0 saturated heterocycles. The number of hydrogen-bond donors (Lipinski definition) is 2. The summed E-state index contributed by atoms with van der Waals surface area (Å²) in [5.41, 5.74) is 0.808. The first-order valence-corrected chi connectivity index (χ1v) is 4.93. The van der Waals surface area contributed by atoms with Crippen LogP contribution in [0.2, 0.25) is 0 Å². The third-order valence-corrected chi connectivity index (χ3v) is 1.78. The Hall–Kier alpha value is -1.49. The molecule has 0 atom stereocenters. The zero-order valence-corrected chi connectivity index (χ0v) is 9.03. The second-order valence-corrected chi connectivity index (χ2v) is 3.51. The zero-order valence-electron chi connectivity index (χ0n) is 9.03. The fraction of sp³-hybridized carbons (Fsp3) is 0.500. The average Bonchev–Trinajstić information content (AvgIpc) is 2.25. The molecule has 0 aliphatic heterocycles. The van der Waals surface area contributed by atoms with Gasteiger partial charge in [0.25, 0.3) is 0 Å². The smallest absolute Gasteiger partial charge is 0.234 e. The van der Waals surface area contributed by atoms with E-state index in [0.29, 0.717) is 19.1 Å². The maximum atomic E-state index is 11.3. The van der Waals surface area contributed by atoms with E-state index in [1.165, 1.54) is 6.33 Å². The Kier molecular flexibility index (Phi) is 4.70. The molecule has 0 saturated carbocycles. The van der Waals surface area contributed by atoms with E-state index in [2.05, 4.69) is 20.6 Å². The van der Waals surface area contributed by atoms with Crippen molar-refractivity contribution in [2.24, 2.45) is 0 Å². The molecule has 1 amide bonds. The van der Waals surface area contributed by atoms with Gasteiger partial charge in [-0.15, -0.1) is 0 Å². The number of rotatable bonds is 5. The van der Waals surface area contributed by atoms with E-state index >= 15 is 0 Å². The molecule has 1 aromatic rings. The van der Waals surface area contributed by atoms with Crippen LogP contribution in [0.4, 0.5) is 0 Å². The number of carbonyl (C=O) groups is 1. The van der Waals surface area contributed by atoms with Crippen LogP contribution in [0.3, 0.4) is 0 Å². The van der Waals surface area contributed by atoms with Crippen LogP contribution in [-0.2, 0) is 11.3 Å². The second-order valence-electron chi connectivity index (χ2n) is 3.51. The molecule has 0 aromatic carbocycles. The minimum absolute atomic E-state index is 0.0256. The highest BCUT2D eigenvalue weighted by atomic mass is 16.1. The number of hydrogen-bond acceptors (Lipinski definition) is 4. The lowest BCUT2D eigenvalue weighted by Gasteiger charge is -2.08. The minimum Gasteiger partial charge on any atom is -0.349 e. The summed E-state index contributed by atoms with van der Waals surface area (Å²) in [5.74, 6) is -0.0256. The van der Waals surface area contributed by atoms with Gasteiger partial charge in [0.1, 0.15) is 6.33 Å². The van der Waals surface area contributed by atoms with Crippen LogP contribution >= 0.6 is 0 Å². The van der Waals surface area contributed by atoms with Gasteiger partial charge < -0.3 is 10.6 Å². The van der Waals surface area contributed by atoms with Crippen molar-refractivity contribution < 1.29 is 4.79 Å². The fourth-order valence-corrected chi connectivity index (χ4v) is 0.971. The van der Waals surface area contributed by atoms with Gasteiger partial charge in [-0.1, -0.05) is 13.8 Å². The summed E-state index contributed by atoms with van der Waals surface area (Å²) >= 11 is 0. The van der Waals surface area contributed by atoms with Crippen molar-refractivity contribution in [3.05, 3.63) is 24.3 Å². The second kappa shape index (κ2) is 6.08. The summed E-state index contributed by atoms with van der Waals surface area (Å²) in [6.07, 6.45) is 3.12. The monoisotopic (exact) mass is 208 g/mol. The van der Waals surface area contributed by atoms with Crippen LogP contribution in [0.25, 0.3) is 0 Å². The van der Waals surface area contributed by atoms with Crippen molar-refractivity contribution in [2.75, 3.05) is 6.54 Å². The molecule has 1 aromatic heterocycles. The first-order chi connectivity index (χ1) is 7.18. The molecule has 2 N–H and O–H groups in total. The molecule has 0 aliphatic carbocycles. The van der Waals surface area contributed by atoms with Gasteiger partial charge in [0, 0.05) is 12.2 Å². The Morgan fingerprint density at radius 3 is 2.93 bits per heavy atom. The summed E-state index contributed by atoms with van der Waals surface area (Å²) < 4.78 is 0. The molecular formula is C10H16N4O. The summed E-state index contributed by atoms with van der Waals surface area (Å²) in [5, 5.41) is 5.80. The van der Waals surface area contributed by atoms with Crippen LogP contribution in [0, 0.1) is 0 Å². The molecule has 15 heavy (non-hydrogen) atoms. The van der Waals surface area contributed by atoms with Gasteiger partial charge in [0.2, 0.25) is 5.91 Å². The Bertz CT molecular complexity index is 300. The number of aromatic nitrogens is 2. The van der Waals surface area contributed by atoms with E-state index < -0.39 is 0 Å². The summed E-state index contributed by atoms with van der Waals surface area (Å²) in [6.45, 7) is 4.78. The number of amides is 1. The van der Waals surface area contributed by atoms with E-state index in [1.54, 1.807) is 12.3 Å². The van der Waals surface area contributed by atoms with Gasteiger partial charge in [0.05, 0.1) is 18.8 Å². The maximum Gasteiger partial charge on any atom is 0.234 e. The standard InChI is InChI=1S/C10H16N4O/c1-8(2)12-6-10(15)13-5-9-3-4-11-7-14-9/h3-4,7-8,12H,5-6H2,1-2H3,(H,13,15). The highest BCUT2D eigenvalue weighted by Gasteiger charge is 2.01.